The molecule has 1 aromatic rings. The summed E-state index contributed by atoms with van der Waals surface area (Å²) in [6, 6.07) is -1.42. The number of aromatic nitrogens is 2. The van der Waals surface area contributed by atoms with Gasteiger partial charge in [-0.25, -0.2) is 9.59 Å². The molecule has 8 heteroatoms. The fourth-order valence-corrected chi connectivity index (χ4v) is 1.57. The zero-order chi connectivity index (χ0) is 12.3. The van der Waals surface area contributed by atoms with Crippen molar-refractivity contribution in [1.82, 2.24) is 15.1 Å². The fraction of sp³-hybridized carbons (Fsp3) is 0.444. The molecule has 0 radical (unpaired) electrons. The average Bonchev–Trinajstić information content (AvgIpc) is 2.81. The van der Waals surface area contributed by atoms with E-state index in [4.69, 9.17) is 9.84 Å². The number of hydrogen-bond acceptors (Lipinski definition) is 4. The van der Waals surface area contributed by atoms with Crippen molar-refractivity contribution in [2.75, 3.05) is 25.1 Å². The van der Waals surface area contributed by atoms with Crippen LogP contribution in [0, 0.1) is 0 Å². The van der Waals surface area contributed by atoms with E-state index in [1.165, 1.54) is 17.3 Å². The second-order valence-electron chi connectivity index (χ2n) is 3.54. The lowest BCUT2D eigenvalue weighted by molar-refractivity contribution is -0.147. The average molecular weight is 240 g/mol. The minimum Gasteiger partial charge on any atom is -0.480 e. The number of anilines is 1. The third-order valence-corrected chi connectivity index (χ3v) is 2.42. The van der Waals surface area contributed by atoms with Crippen molar-refractivity contribution < 1.29 is 19.4 Å². The van der Waals surface area contributed by atoms with Gasteiger partial charge in [-0.3, -0.25) is 5.10 Å². The van der Waals surface area contributed by atoms with E-state index in [0.717, 1.165) is 0 Å². The molecule has 1 aromatic heterocycles. The number of carboxylic acid groups (broad SMARTS) is 1. The van der Waals surface area contributed by atoms with E-state index in [9.17, 15) is 9.59 Å². The molecule has 17 heavy (non-hydrogen) atoms. The number of H-pyrrole nitrogens is 1. The van der Waals surface area contributed by atoms with Gasteiger partial charge in [-0.05, 0) is 0 Å². The predicted molar refractivity (Wildman–Crippen MR) is 56.6 cm³/mol. The lowest BCUT2D eigenvalue weighted by atomic mass is 10.2. The normalized spacial score (nSPS) is 20.0. The van der Waals surface area contributed by atoms with Crippen LogP contribution >= 0.6 is 0 Å². The molecule has 2 rings (SSSR count). The minimum absolute atomic E-state index is 0.00808. The van der Waals surface area contributed by atoms with Gasteiger partial charge in [0.1, 0.15) is 0 Å². The molecule has 1 aliphatic heterocycles. The van der Waals surface area contributed by atoms with Gasteiger partial charge in [0.15, 0.2) is 6.04 Å². The van der Waals surface area contributed by atoms with Crippen molar-refractivity contribution in [3.63, 3.8) is 0 Å². The Morgan fingerprint density at radius 1 is 1.65 bits per heavy atom. The lowest BCUT2D eigenvalue weighted by Gasteiger charge is -2.32. The Labute approximate surface area is 96.6 Å². The van der Waals surface area contributed by atoms with Crippen molar-refractivity contribution in [2.24, 2.45) is 0 Å². The number of ether oxygens (including phenoxy) is 1. The molecule has 0 saturated carbocycles. The van der Waals surface area contributed by atoms with Crippen LogP contribution in [0.1, 0.15) is 0 Å². The topological polar surface area (TPSA) is 108 Å². The number of morpholine rings is 1. The van der Waals surface area contributed by atoms with Crippen LogP contribution in [0.15, 0.2) is 12.4 Å². The summed E-state index contributed by atoms with van der Waals surface area (Å²) in [4.78, 5) is 24.0. The molecule has 2 heterocycles. The highest BCUT2D eigenvalue weighted by Crippen LogP contribution is 2.10. The molecule has 2 amide bonds. The molecule has 1 aliphatic rings. The summed E-state index contributed by atoms with van der Waals surface area (Å²) in [6.07, 6.45) is 2.95. The van der Waals surface area contributed by atoms with Crippen molar-refractivity contribution in [3.05, 3.63) is 12.4 Å². The first-order valence-electron chi connectivity index (χ1n) is 5.05. The fourth-order valence-electron chi connectivity index (χ4n) is 1.57. The van der Waals surface area contributed by atoms with Gasteiger partial charge in [0, 0.05) is 12.7 Å². The lowest BCUT2D eigenvalue weighted by Crippen LogP contribution is -2.53. The van der Waals surface area contributed by atoms with E-state index < -0.39 is 18.0 Å². The first kappa shape index (κ1) is 11.4. The number of carboxylic acids is 1. The van der Waals surface area contributed by atoms with Gasteiger partial charge in [-0.2, -0.15) is 5.10 Å². The quantitative estimate of drug-likeness (QED) is 0.659. The van der Waals surface area contributed by atoms with Gasteiger partial charge in [0.25, 0.3) is 0 Å². The molecule has 0 spiro atoms. The summed E-state index contributed by atoms with van der Waals surface area (Å²) < 4.78 is 5.04. The predicted octanol–water partition coefficient (Wildman–Crippen LogP) is -0.273. The van der Waals surface area contributed by atoms with E-state index in [1.54, 1.807) is 0 Å². The smallest absolute Gasteiger partial charge is 0.328 e. The number of rotatable bonds is 2. The number of nitrogens with zero attached hydrogens (tertiary/aromatic N) is 2. The van der Waals surface area contributed by atoms with Crippen molar-refractivity contribution in [1.29, 1.82) is 0 Å². The van der Waals surface area contributed by atoms with Crippen LogP contribution in [-0.2, 0) is 9.53 Å². The number of amides is 2. The molecule has 1 atom stereocenters. The second kappa shape index (κ2) is 4.83. The van der Waals surface area contributed by atoms with Crippen molar-refractivity contribution in [3.8, 4) is 0 Å². The van der Waals surface area contributed by atoms with E-state index in [2.05, 4.69) is 15.5 Å². The number of aliphatic carboxylic acids is 1. The summed E-state index contributed by atoms with van der Waals surface area (Å²) in [5.41, 5.74) is 0.491. The maximum absolute atomic E-state index is 11.8. The number of urea groups is 1. The van der Waals surface area contributed by atoms with Crippen LogP contribution in [0.2, 0.25) is 0 Å². The number of nitrogens with one attached hydrogen (secondary N) is 2. The van der Waals surface area contributed by atoms with Crippen LogP contribution in [0.4, 0.5) is 10.5 Å². The second-order valence-corrected chi connectivity index (χ2v) is 3.54. The Bertz CT molecular complexity index is 405. The van der Waals surface area contributed by atoms with Gasteiger partial charge < -0.3 is 20.1 Å². The molecular formula is C9H12N4O4. The standard InChI is InChI=1S/C9H12N4O4/c14-8(15)7-5-17-2-1-13(7)9(16)12-6-3-10-11-4-6/h3-4,7H,1-2,5H2,(H,10,11)(H,12,16)(H,14,15). The SMILES string of the molecule is O=C(O)C1COCCN1C(=O)Nc1cn[nH]c1. The van der Waals surface area contributed by atoms with E-state index in [0.29, 0.717) is 12.3 Å². The monoisotopic (exact) mass is 240 g/mol. The molecule has 92 valence electrons. The first-order chi connectivity index (χ1) is 8.18. The van der Waals surface area contributed by atoms with Crippen LogP contribution in [0.3, 0.4) is 0 Å². The summed E-state index contributed by atoms with van der Waals surface area (Å²) in [7, 11) is 0. The van der Waals surface area contributed by atoms with E-state index in [1.807, 2.05) is 0 Å². The molecule has 1 fully saturated rings. The third kappa shape index (κ3) is 2.53. The van der Waals surface area contributed by atoms with Gasteiger partial charge >= 0.3 is 12.0 Å². The van der Waals surface area contributed by atoms with Gasteiger partial charge in [0.05, 0.1) is 25.1 Å². The number of aromatic amines is 1. The van der Waals surface area contributed by atoms with Gasteiger partial charge in [-0.15, -0.1) is 0 Å². The Morgan fingerprint density at radius 3 is 3.12 bits per heavy atom. The van der Waals surface area contributed by atoms with Crippen LogP contribution in [0.5, 0.6) is 0 Å². The Balaban J connectivity index is 2.03. The summed E-state index contributed by atoms with van der Waals surface area (Å²) in [5.74, 6) is -1.08. The Hall–Kier alpha value is -2.09. The van der Waals surface area contributed by atoms with E-state index >= 15 is 0 Å². The Morgan fingerprint density at radius 2 is 2.47 bits per heavy atom. The molecular weight excluding hydrogens is 228 g/mol. The molecule has 1 unspecified atom stereocenters. The molecule has 8 nitrogen and oxygen atoms in total. The maximum Gasteiger partial charge on any atom is 0.328 e. The molecule has 3 N–H and O–H groups in total. The highest BCUT2D eigenvalue weighted by Gasteiger charge is 2.32. The summed E-state index contributed by atoms with van der Waals surface area (Å²) in [5, 5.41) is 17.7. The van der Waals surface area contributed by atoms with Crippen LogP contribution < -0.4 is 5.32 Å². The highest BCUT2D eigenvalue weighted by molar-refractivity contribution is 5.92. The van der Waals surface area contributed by atoms with Crippen LogP contribution in [0.25, 0.3) is 0 Å². The van der Waals surface area contributed by atoms with Crippen LogP contribution in [-0.4, -0.2) is 58.0 Å². The Kier molecular flexibility index (Phi) is 3.24. The number of hydrogen-bond donors (Lipinski definition) is 3. The van der Waals surface area contributed by atoms with Crippen molar-refractivity contribution in [2.45, 2.75) is 6.04 Å². The zero-order valence-corrected chi connectivity index (χ0v) is 8.92. The summed E-state index contributed by atoms with van der Waals surface area (Å²) >= 11 is 0. The minimum atomic E-state index is -1.08. The largest absolute Gasteiger partial charge is 0.480 e. The van der Waals surface area contributed by atoms with Crippen molar-refractivity contribution >= 4 is 17.7 Å². The van der Waals surface area contributed by atoms with E-state index in [-0.39, 0.29) is 13.2 Å². The molecule has 1 saturated heterocycles. The number of carbonyl (C=O) groups is 2. The molecule has 0 bridgehead atoms. The zero-order valence-electron chi connectivity index (χ0n) is 8.92. The van der Waals surface area contributed by atoms with Gasteiger partial charge in [0.2, 0.25) is 0 Å². The molecule has 0 aliphatic carbocycles. The van der Waals surface area contributed by atoms with Gasteiger partial charge in [-0.1, -0.05) is 0 Å². The maximum atomic E-state index is 11.8. The number of carbonyl (C=O) groups excluding carboxylic acids is 1. The third-order valence-electron chi connectivity index (χ3n) is 2.42. The first-order valence-corrected chi connectivity index (χ1v) is 5.05. The summed E-state index contributed by atoms with van der Waals surface area (Å²) in [6.45, 7) is 0.595. The highest BCUT2D eigenvalue weighted by atomic mass is 16.5. The molecule has 0 aromatic carbocycles.